The van der Waals surface area contributed by atoms with Crippen LogP contribution in [0.4, 0.5) is 4.39 Å². The molecule has 2 rings (SSSR count). The lowest BCUT2D eigenvalue weighted by Gasteiger charge is -2.26. The van der Waals surface area contributed by atoms with Crippen molar-refractivity contribution in [3.05, 3.63) is 35.1 Å². The van der Waals surface area contributed by atoms with Gasteiger partial charge in [0.15, 0.2) is 0 Å². The van der Waals surface area contributed by atoms with Crippen molar-refractivity contribution in [1.82, 2.24) is 0 Å². The van der Waals surface area contributed by atoms with E-state index in [0.717, 1.165) is 29.9 Å². The number of halogens is 1. The lowest BCUT2D eigenvalue weighted by molar-refractivity contribution is 0.00865. The molecule has 0 aliphatic heterocycles. The van der Waals surface area contributed by atoms with Gasteiger partial charge in [0.25, 0.3) is 0 Å². The number of rotatable bonds is 4. The summed E-state index contributed by atoms with van der Waals surface area (Å²) in [6.45, 7) is 3.14. The Bertz CT molecular complexity index is 386. The Labute approximate surface area is 108 Å². The maximum absolute atomic E-state index is 13.3. The lowest BCUT2D eigenvalue weighted by Crippen LogP contribution is -2.20. The molecule has 0 aromatic heterocycles. The molecule has 100 valence electrons. The Morgan fingerprint density at radius 1 is 1.17 bits per heavy atom. The molecule has 0 unspecified atom stereocenters. The fourth-order valence-electron chi connectivity index (χ4n) is 2.53. The molecule has 0 spiro atoms. The van der Waals surface area contributed by atoms with Crippen molar-refractivity contribution in [1.29, 1.82) is 0 Å². The summed E-state index contributed by atoms with van der Waals surface area (Å²) in [4.78, 5) is 0. The Hall–Kier alpha value is -0.930. The summed E-state index contributed by atoms with van der Waals surface area (Å²) >= 11 is 0. The molecule has 3 heteroatoms. The van der Waals surface area contributed by atoms with Gasteiger partial charge in [0.05, 0.1) is 12.7 Å². The molecule has 2 N–H and O–H groups in total. The van der Waals surface area contributed by atoms with Crippen LogP contribution in [-0.4, -0.2) is 6.10 Å². The molecular weight excluding hydrogens is 229 g/mol. The van der Waals surface area contributed by atoms with Crippen molar-refractivity contribution in [2.75, 3.05) is 0 Å². The van der Waals surface area contributed by atoms with Crippen molar-refractivity contribution < 1.29 is 9.13 Å². The van der Waals surface area contributed by atoms with E-state index in [9.17, 15) is 4.39 Å². The van der Waals surface area contributed by atoms with Crippen LogP contribution < -0.4 is 5.73 Å². The zero-order valence-corrected chi connectivity index (χ0v) is 11.0. The molecular formula is C15H22FNO. The van der Waals surface area contributed by atoms with E-state index in [1.165, 1.54) is 25.0 Å². The number of nitrogens with two attached hydrogens (primary N) is 1. The molecule has 1 saturated carbocycles. The molecule has 0 saturated heterocycles. The molecule has 2 nitrogen and oxygen atoms in total. The molecule has 1 aliphatic carbocycles. The largest absolute Gasteiger partial charge is 0.374 e. The first kappa shape index (κ1) is 13.5. The molecule has 0 bridgehead atoms. The monoisotopic (exact) mass is 251 g/mol. The van der Waals surface area contributed by atoms with E-state index in [1.54, 1.807) is 0 Å². The summed E-state index contributed by atoms with van der Waals surface area (Å²) in [5, 5.41) is 0. The highest BCUT2D eigenvalue weighted by Gasteiger charge is 2.18. The molecule has 1 aromatic carbocycles. The predicted molar refractivity (Wildman–Crippen MR) is 70.5 cm³/mol. The first-order valence-electron chi connectivity index (χ1n) is 6.77. The first-order chi connectivity index (χ1) is 8.67. The molecule has 1 aliphatic rings. The van der Waals surface area contributed by atoms with Crippen LogP contribution in [-0.2, 0) is 17.9 Å². The summed E-state index contributed by atoms with van der Waals surface area (Å²) < 4.78 is 19.2. The average Bonchev–Trinajstić information content (AvgIpc) is 2.37. The minimum atomic E-state index is -0.228. The standard InChI is InChI=1S/C15H22FNO/c1-11-2-4-15(5-3-11)18-10-13-6-12(9-17)7-14(16)8-13/h6-8,11,15H,2-5,9-10,17H2,1H3. The van der Waals surface area contributed by atoms with Gasteiger partial charge in [-0.1, -0.05) is 13.0 Å². The van der Waals surface area contributed by atoms with Gasteiger partial charge in [-0.15, -0.1) is 0 Å². The molecule has 1 aromatic rings. The number of benzene rings is 1. The van der Waals surface area contributed by atoms with Crippen LogP contribution in [0.3, 0.4) is 0 Å². The SMILES string of the molecule is CC1CCC(OCc2cc(F)cc(CN)c2)CC1. The van der Waals surface area contributed by atoms with E-state index < -0.39 is 0 Å². The maximum atomic E-state index is 13.3. The zero-order chi connectivity index (χ0) is 13.0. The highest BCUT2D eigenvalue weighted by molar-refractivity contribution is 5.24. The Kier molecular flexibility index (Phi) is 4.72. The maximum Gasteiger partial charge on any atom is 0.123 e. The average molecular weight is 251 g/mol. The number of hydrogen-bond acceptors (Lipinski definition) is 2. The van der Waals surface area contributed by atoms with Gasteiger partial charge in [0, 0.05) is 6.54 Å². The fourth-order valence-corrected chi connectivity index (χ4v) is 2.53. The third kappa shape index (κ3) is 3.79. The Balaban J connectivity index is 1.88. The van der Waals surface area contributed by atoms with Gasteiger partial charge in [0.1, 0.15) is 5.82 Å². The van der Waals surface area contributed by atoms with Crippen LogP contribution in [0.15, 0.2) is 18.2 Å². The third-order valence-electron chi connectivity index (χ3n) is 3.70. The smallest absolute Gasteiger partial charge is 0.123 e. The van der Waals surface area contributed by atoms with Gasteiger partial charge in [-0.05, 0) is 54.9 Å². The molecule has 0 atom stereocenters. The molecule has 0 amide bonds. The van der Waals surface area contributed by atoms with Gasteiger partial charge < -0.3 is 10.5 Å². The topological polar surface area (TPSA) is 35.2 Å². The van der Waals surface area contributed by atoms with E-state index in [-0.39, 0.29) is 5.82 Å². The van der Waals surface area contributed by atoms with Crippen molar-refractivity contribution in [3.63, 3.8) is 0 Å². The third-order valence-corrected chi connectivity index (χ3v) is 3.70. The van der Waals surface area contributed by atoms with E-state index >= 15 is 0 Å². The van der Waals surface area contributed by atoms with Crippen LogP contribution in [0, 0.1) is 11.7 Å². The minimum absolute atomic E-state index is 0.228. The van der Waals surface area contributed by atoms with E-state index in [2.05, 4.69) is 6.92 Å². The van der Waals surface area contributed by atoms with Crippen LogP contribution in [0.2, 0.25) is 0 Å². The van der Waals surface area contributed by atoms with E-state index in [4.69, 9.17) is 10.5 Å². The second-order valence-electron chi connectivity index (χ2n) is 5.36. The summed E-state index contributed by atoms with van der Waals surface area (Å²) in [5.41, 5.74) is 7.24. The Morgan fingerprint density at radius 3 is 2.50 bits per heavy atom. The highest BCUT2D eigenvalue weighted by atomic mass is 19.1. The second-order valence-corrected chi connectivity index (χ2v) is 5.36. The fraction of sp³-hybridized carbons (Fsp3) is 0.600. The van der Waals surface area contributed by atoms with Crippen molar-refractivity contribution >= 4 is 0 Å². The van der Waals surface area contributed by atoms with Gasteiger partial charge in [-0.25, -0.2) is 4.39 Å². The van der Waals surface area contributed by atoms with Gasteiger partial charge in [-0.2, -0.15) is 0 Å². The number of hydrogen-bond donors (Lipinski definition) is 1. The van der Waals surface area contributed by atoms with Crippen LogP contribution in [0.1, 0.15) is 43.7 Å². The molecule has 0 radical (unpaired) electrons. The van der Waals surface area contributed by atoms with E-state index in [0.29, 0.717) is 19.3 Å². The minimum Gasteiger partial charge on any atom is -0.374 e. The summed E-state index contributed by atoms with van der Waals surface area (Å²) in [5.74, 6) is 0.594. The lowest BCUT2D eigenvalue weighted by atomic mass is 9.89. The summed E-state index contributed by atoms with van der Waals surface area (Å²) in [6, 6.07) is 4.94. The molecule has 18 heavy (non-hydrogen) atoms. The quantitative estimate of drug-likeness (QED) is 0.890. The Morgan fingerprint density at radius 2 is 1.83 bits per heavy atom. The second kappa shape index (κ2) is 6.30. The van der Waals surface area contributed by atoms with Gasteiger partial charge >= 0.3 is 0 Å². The molecule has 0 heterocycles. The summed E-state index contributed by atoms with van der Waals surface area (Å²) in [7, 11) is 0. The number of ether oxygens (including phenoxy) is 1. The first-order valence-corrected chi connectivity index (χ1v) is 6.77. The van der Waals surface area contributed by atoms with Gasteiger partial charge in [0.2, 0.25) is 0 Å². The highest BCUT2D eigenvalue weighted by Crippen LogP contribution is 2.26. The van der Waals surface area contributed by atoms with Crippen LogP contribution >= 0.6 is 0 Å². The summed E-state index contributed by atoms with van der Waals surface area (Å²) in [6.07, 6.45) is 5.07. The molecule has 1 fully saturated rings. The zero-order valence-electron chi connectivity index (χ0n) is 11.0. The van der Waals surface area contributed by atoms with Crippen LogP contribution in [0.25, 0.3) is 0 Å². The van der Waals surface area contributed by atoms with Crippen molar-refractivity contribution in [3.8, 4) is 0 Å². The van der Waals surface area contributed by atoms with Gasteiger partial charge in [-0.3, -0.25) is 0 Å². The van der Waals surface area contributed by atoms with Crippen LogP contribution in [0.5, 0.6) is 0 Å². The van der Waals surface area contributed by atoms with E-state index in [1.807, 2.05) is 6.07 Å². The van der Waals surface area contributed by atoms with Crippen molar-refractivity contribution in [2.45, 2.75) is 51.9 Å². The van der Waals surface area contributed by atoms with Crippen molar-refractivity contribution in [2.24, 2.45) is 11.7 Å². The normalized spacial score (nSPS) is 24.2. The predicted octanol–water partition coefficient (Wildman–Crippen LogP) is 3.38.